The molecule has 0 bridgehead atoms. The Labute approximate surface area is 84.8 Å². The Balaban J connectivity index is 1.63. The molecule has 3 nitrogen and oxygen atoms in total. The van der Waals surface area contributed by atoms with E-state index in [1.165, 1.54) is 6.42 Å². The molecule has 2 rings (SSSR count). The monoisotopic (exact) mass is 198 g/mol. The maximum absolute atomic E-state index is 10.6. The number of carbonyl (C=O) groups is 1. The van der Waals surface area contributed by atoms with Gasteiger partial charge in [-0.1, -0.05) is 0 Å². The Morgan fingerprint density at radius 1 is 1.29 bits per heavy atom. The second kappa shape index (κ2) is 4.89. The van der Waals surface area contributed by atoms with Crippen molar-refractivity contribution in [3.8, 4) is 0 Å². The molecule has 1 aliphatic carbocycles. The first-order valence-electron chi connectivity index (χ1n) is 5.58. The van der Waals surface area contributed by atoms with Crippen molar-refractivity contribution in [3.63, 3.8) is 0 Å². The lowest BCUT2D eigenvalue weighted by Crippen LogP contribution is -2.33. The molecular weight excluding hydrogens is 180 g/mol. The lowest BCUT2D eigenvalue weighted by molar-refractivity contribution is -0.177. The van der Waals surface area contributed by atoms with Crippen molar-refractivity contribution in [2.45, 2.75) is 38.4 Å². The second-order valence-corrected chi connectivity index (χ2v) is 4.27. The van der Waals surface area contributed by atoms with Gasteiger partial charge in [0.15, 0.2) is 6.29 Å². The van der Waals surface area contributed by atoms with Crippen molar-refractivity contribution in [2.75, 3.05) is 13.2 Å². The van der Waals surface area contributed by atoms with Gasteiger partial charge in [-0.25, -0.2) is 0 Å². The highest BCUT2D eigenvalue weighted by Gasteiger charge is 2.31. The molecule has 2 aliphatic rings. The highest BCUT2D eigenvalue weighted by atomic mass is 16.7. The molecule has 0 amide bonds. The van der Waals surface area contributed by atoms with Gasteiger partial charge in [-0.3, -0.25) is 0 Å². The summed E-state index contributed by atoms with van der Waals surface area (Å²) in [6.07, 6.45) is 6.61. The molecule has 3 heteroatoms. The smallest absolute Gasteiger partial charge is 0.157 e. The molecular formula is C11H18O3. The summed E-state index contributed by atoms with van der Waals surface area (Å²) in [7, 11) is 0. The van der Waals surface area contributed by atoms with Crippen LogP contribution in [0.4, 0.5) is 0 Å². The van der Waals surface area contributed by atoms with E-state index in [0.29, 0.717) is 12.5 Å². The standard InChI is InChI=1S/C11H18O3/c12-7-9-4-5-10(9)8-14-11-3-1-2-6-13-11/h7,9-11H,1-6,8H2/t9-,10-,11?/m1/s1. The third-order valence-corrected chi connectivity index (χ3v) is 3.29. The summed E-state index contributed by atoms with van der Waals surface area (Å²) < 4.78 is 11.1. The van der Waals surface area contributed by atoms with Crippen LogP contribution in [0.15, 0.2) is 0 Å². The molecule has 3 atom stereocenters. The van der Waals surface area contributed by atoms with Crippen LogP contribution in [-0.2, 0) is 14.3 Å². The van der Waals surface area contributed by atoms with Crippen LogP contribution < -0.4 is 0 Å². The minimum Gasteiger partial charge on any atom is -0.353 e. The zero-order valence-electron chi connectivity index (χ0n) is 8.48. The zero-order chi connectivity index (χ0) is 9.80. The number of aldehydes is 1. The van der Waals surface area contributed by atoms with E-state index in [0.717, 1.165) is 38.6 Å². The lowest BCUT2D eigenvalue weighted by Gasteiger charge is -2.34. The van der Waals surface area contributed by atoms with Crippen molar-refractivity contribution in [2.24, 2.45) is 11.8 Å². The van der Waals surface area contributed by atoms with Gasteiger partial charge in [0.1, 0.15) is 6.29 Å². The van der Waals surface area contributed by atoms with Gasteiger partial charge in [-0.2, -0.15) is 0 Å². The average molecular weight is 198 g/mol. The van der Waals surface area contributed by atoms with Crippen LogP contribution in [0.3, 0.4) is 0 Å². The maximum atomic E-state index is 10.6. The van der Waals surface area contributed by atoms with Crippen LogP contribution in [0.2, 0.25) is 0 Å². The van der Waals surface area contributed by atoms with Gasteiger partial charge in [0, 0.05) is 12.5 Å². The third kappa shape index (κ3) is 2.34. The van der Waals surface area contributed by atoms with Crippen LogP contribution in [0.25, 0.3) is 0 Å². The molecule has 0 N–H and O–H groups in total. The van der Waals surface area contributed by atoms with Gasteiger partial charge in [0.2, 0.25) is 0 Å². The van der Waals surface area contributed by atoms with Crippen LogP contribution in [-0.4, -0.2) is 25.8 Å². The van der Waals surface area contributed by atoms with Crippen LogP contribution in [0.5, 0.6) is 0 Å². The van der Waals surface area contributed by atoms with Crippen molar-refractivity contribution >= 4 is 6.29 Å². The fraction of sp³-hybridized carbons (Fsp3) is 0.909. The van der Waals surface area contributed by atoms with Gasteiger partial charge in [-0.15, -0.1) is 0 Å². The van der Waals surface area contributed by atoms with Crippen LogP contribution in [0.1, 0.15) is 32.1 Å². The molecule has 2 fully saturated rings. The van der Waals surface area contributed by atoms with Gasteiger partial charge in [0.25, 0.3) is 0 Å². The van der Waals surface area contributed by atoms with Crippen molar-refractivity contribution in [3.05, 3.63) is 0 Å². The van der Waals surface area contributed by atoms with Gasteiger partial charge >= 0.3 is 0 Å². The molecule has 1 aliphatic heterocycles. The average Bonchev–Trinajstić information content (AvgIpc) is 2.19. The van der Waals surface area contributed by atoms with E-state index in [2.05, 4.69) is 0 Å². The minimum atomic E-state index is -0.00310. The fourth-order valence-corrected chi connectivity index (χ4v) is 2.05. The number of rotatable bonds is 4. The van der Waals surface area contributed by atoms with Gasteiger partial charge < -0.3 is 14.3 Å². The fourth-order valence-electron chi connectivity index (χ4n) is 2.05. The Bertz CT molecular complexity index is 187. The Hall–Kier alpha value is -0.410. The minimum absolute atomic E-state index is 0.00310. The van der Waals surface area contributed by atoms with E-state index in [-0.39, 0.29) is 12.2 Å². The number of hydrogen-bond acceptors (Lipinski definition) is 3. The zero-order valence-corrected chi connectivity index (χ0v) is 8.48. The highest BCUT2D eigenvalue weighted by Crippen LogP contribution is 2.33. The predicted molar refractivity (Wildman–Crippen MR) is 51.8 cm³/mol. The largest absolute Gasteiger partial charge is 0.353 e. The van der Waals surface area contributed by atoms with Gasteiger partial charge in [0.05, 0.1) is 6.61 Å². The molecule has 1 saturated heterocycles. The molecule has 0 aromatic rings. The number of hydrogen-bond donors (Lipinski definition) is 0. The third-order valence-electron chi connectivity index (χ3n) is 3.29. The van der Waals surface area contributed by atoms with Crippen LogP contribution in [0, 0.1) is 11.8 Å². The van der Waals surface area contributed by atoms with E-state index >= 15 is 0 Å². The normalized spacial score (nSPS) is 37.6. The molecule has 1 heterocycles. The molecule has 80 valence electrons. The number of carbonyl (C=O) groups excluding carboxylic acids is 1. The molecule has 0 spiro atoms. The first-order chi connectivity index (χ1) is 6.90. The Morgan fingerprint density at radius 2 is 2.21 bits per heavy atom. The number of ether oxygens (including phenoxy) is 2. The van der Waals surface area contributed by atoms with Crippen molar-refractivity contribution in [1.82, 2.24) is 0 Å². The first kappa shape index (κ1) is 10.1. The van der Waals surface area contributed by atoms with E-state index in [4.69, 9.17) is 9.47 Å². The SMILES string of the molecule is O=C[C@H]1CC[C@@H]1COC1CCCCO1. The summed E-state index contributed by atoms with van der Waals surface area (Å²) in [5.74, 6) is 0.705. The van der Waals surface area contributed by atoms with E-state index in [1.54, 1.807) is 0 Å². The molecule has 0 radical (unpaired) electrons. The van der Waals surface area contributed by atoms with Crippen molar-refractivity contribution < 1.29 is 14.3 Å². The maximum Gasteiger partial charge on any atom is 0.157 e. The molecule has 0 aromatic heterocycles. The predicted octanol–water partition coefficient (Wildman–Crippen LogP) is 1.75. The molecule has 0 aromatic carbocycles. The molecule has 1 saturated carbocycles. The molecule has 14 heavy (non-hydrogen) atoms. The Kier molecular flexibility index (Phi) is 3.54. The lowest BCUT2D eigenvalue weighted by atomic mass is 9.75. The van der Waals surface area contributed by atoms with E-state index in [1.807, 2.05) is 0 Å². The first-order valence-corrected chi connectivity index (χ1v) is 5.58. The summed E-state index contributed by atoms with van der Waals surface area (Å²) in [5.41, 5.74) is 0. The van der Waals surface area contributed by atoms with E-state index in [9.17, 15) is 4.79 Å². The summed E-state index contributed by atoms with van der Waals surface area (Å²) >= 11 is 0. The highest BCUT2D eigenvalue weighted by molar-refractivity contribution is 5.55. The Morgan fingerprint density at radius 3 is 2.79 bits per heavy atom. The summed E-state index contributed by atoms with van der Waals surface area (Å²) in [6.45, 7) is 1.53. The topological polar surface area (TPSA) is 35.5 Å². The quantitative estimate of drug-likeness (QED) is 0.646. The summed E-state index contributed by atoms with van der Waals surface area (Å²) in [6, 6.07) is 0. The summed E-state index contributed by atoms with van der Waals surface area (Å²) in [5, 5.41) is 0. The van der Waals surface area contributed by atoms with Crippen molar-refractivity contribution in [1.29, 1.82) is 0 Å². The van der Waals surface area contributed by atoms with Gasteiger partial charge in [-0.05, 0) is 38.0 Å². The summed E-state index contributed by atoms with van der Waals surface area (Å²) in [4.78, 5) is 10.6. The van der Waals surface area contributed by atoms with E-state index < -0.39 is 0 Å². The van der Waals surface area contributed by atoms with Crippen LogP contribution >= 0.6 is 0 Å². The molecule has 1 unspecified atom stereocenters. The second-order valence-electron chi connectivity index (χ2n) is 4.27.